The van der Waals surface area contributed by atoms with Gasteiger partial charge >= 0.3 is 0 Å². The molecule has 0 aromatic carbocycles. The summed E-state index contributed by atoms with van der Waals surface area (Å²) in [5, 5.41) is 2.73. The van der Waals surface area contributed by atoms with Crippen molar-refractivity contribution in [3.8, 4) is 0 Å². The summed E-state index contributed by atoms with van der Waals surface area (Å²) in [5.74, 6) is 0.879. The highest BCUT2D eigenvalue weighted by Gasteiger charge is 2.27. The molecule has 1 rings (SSSR count). The molecule has 2 atom stereocenters. The molecule has 1 saturated heterocycles. The summed E-state index contributed by atoms with van der Waals surface area (Å²) in [4.78, 5) is 11.7. The summed E-state index contributed by atoms with van der Waals surface area (Å²) >= 11 is 1.64. The molecule has 17 heavy (non-hydrogen) atoms. The minimum atomic E-state index is -2.98. The molecular formula is C10H20N2O3S2. The number of amides is 1. The second kappa shape index (κ2) is 6.61. The van der Waals surface area contributed by atoms with Gasteiger partial charge in [-0.1, -0.05) is 0 Å². The number of carbonyl (C=O) groups is 1. The summed E-state index contributed by atoms with van der Waals surface area (Å²) in [6.07, 6.45) is 3.92. The fourth-order valence-electron chi connectivity index (χ4n) is 1.82. The highest BCUT2D eigenvalue weighted by molar-refractivity contribution is 7.98. The van der Waals surface area contributed by atoms with Gasteiger partial charge in [0.25, 0.3) is 0 Å². The van der Waals surface area contributed by atoms with Gasteiger partial charge in [-0.3, -0.25) is 4.79 Å². The molecule has 0 spiro atoms. The van der Waals surface area contributed by atoms with E-state index < -0.39 is 15.9 Å². The van der Waals surface area contributed by atoms with E-state index in [0.29, 0.717) is 12.8 Å². The van der Waals surface area contributed by atoms with Crippen molar-refractivity contribution in [3.05, 3.63) is 0 Å². The summed E-state index contributed by atoms with van der Waals surface area (Å²) in [6.45, 7) is 0. The van der Waals surface area contributed by atoms with E-state index in [2.05, 4.69) is 5.32 Å². The number of thioether (sulfide) groups is 1. The van der Waals surface area contributed by atoms with Crippen LogP contribution in [0.25, 0.3) is 0 Å². The lowest BCUT2D eigenvalue weighted by Gasteiger charge is -2.24. The second-order valence-electron chi connectivity index (χ2n) is 4.35. The minimum Gasteiger partial charge on any atom is -0.351 e. The Morgan fingerprint density at radius 3 is 2.88 bits per heavy atom. The molecule has 1 amide bonds. The molecule has 100 valence electrons. The topological polar surface area (TPSA) is 89.3 Å². The molecule has 5 nitrogen and oxygen atoms in total. The largest absolute Gasteiger partial charge is 0.351 e. The number of carbonyl (C=O) groups excluding carboxylic acids is 1. The first-order chi connectivity index (χ1) is 7.94. The van der Waals surface area contributed by atoms with Crippen molar-refractivity contribution < 1.29 is 13.2 Å². The van der Waals surface area contributed by atoms with Crippen LogP contribution in [0.5, 0.6) is 0 Å². The lowest BCUT2D eigenvalue weighted by atomic mass is 10.1. The molecule has 0 aromatic heterocycles. The second-order valence-corrected chi connectivity index (χ2v) is 7.56. The zero-order valence-electron chi connectivity index (χ0n) is 10.0. The van der Waals surface area contributed by atoms with Gasteiger partial charge in [0, 0.05) is 6.04 Å². The normalized spacial score (nSPS) is 25.2. The standard InChI is InChI=1S/C10H20N2O3S2/c1-16-5-4-9(11)10(13)12-8-3-2-6-17(14,15)7-8/h8-9H,2-7,11H2,1H3,(H,12,13)/t8?,9-/m1/s1. The Balaban J connectivity index is 2.40. The zero-order chi connectivity index (χ0) is 12.9. The first-order valence-electron chi connectivity index (χ1n) is 5.70. The monoisotopic (exact) mass is 280 g/mol. The predicted octanol–water partition coefficient (Wildman–Crippen LogP) is -0.240. The highest BCUT2D eigenvalue weighted by Crippen LogP contribution is 2.12. The maximum Gasteiger partial charge on any atom is 0.237 e. The van der Waals surface area contributed by atoms with Crippen LogP contribution >= 0.6 is 11.8 Å². The Labute approximate surface area is 107 Å². The average molecular weight is 280 g/mol. The van der Waals surface area contributed by atoms with Crippen LogP contribution in [0, 0.1) is 0 Å². The summed E-state index contributed by atoms with van der Waals surface area (Å²) in [5.41, 5.74) is 5.71. The van der Waals surface area contributed by atoms with E-state index in [-0.39, 0.29) is 23.5 Å². The minimum absolute atomic E-state index is 0.0496. The van der Waals surface area contributed by atoms with Crippen LogP contribution in [0.4, 0.5) is 0 Å². The molecule has 0 aliphatic carbocycles. The van der Waals surface area contributed by atoms with Crippen molar-refractivity contribution >= 4 is 27.5 Å². The molecule has 0 bridgehead atoms. The molecule has 0 aromatic rings. The molecule has 3 N–H and O–H groups in total. The van der Waals surface area contributed by atoms with Crippen LogP contribution in [0.15, 0.2) is 0 Å². The van der Waals surface area contributed by atoms with Gasteiger partial charge in [0.2, 0.25) is 5.91 Å². The van der Waals surface area contributed by atoms with Gasteiger partial charge in [-0.25, -0.2) is 8.42 Å². The Hall–Kier alpha value is -0.270. The molecule has 1 fully saturated rings. The molecule has 1 aliphatic rings. The number of hydrogen-bond acceptors (Lipinski definition) is 5. The van der Waals surface area contributed by atoms with E-state index in [1.165, 1.54) is 0 Å². The van der Waals surface area contributed by atoms with Gasteiger partial charge in [-0.2, -0.15) is 11.8 Å². The summed E-state index contributed by atoms with van der Waals surface area (Å²) in [6, 6.07) is -0.798. The molecule has 0 saturated carbocycles. The van der Waals surface area contributed by atoms with Crippen LogP contribution in [0.1, 0.15) is 19.3 Å². The predicted molar refractivity (Wildman–Crippen MR) is 70.8 cm³/mol. The lowest BCUT2D eigenvalue weighted by Crippen LogP contribution is -2.49. The Morgan fingerprint density at radius 2 is 2.29 bits per heavy atom. The first-order valence-corrected chi connectivity index (χ1v) is 8.91. The van der Waals surface area contributed by atoms with Crippen molar-refractivity contribution in [2.75, 3.05) is 23.5 Å². The van der Waals surface area contributed by atoms with E-state index in [1.807, 2.05) is 6.26 Å². The third-order valence-electron chi connectivity index (χ3n) is 2.78. The van der Waals surface area contributed by atoms with Gasteiger partial charge in [0.1, 0.15) is 0 Å². The van der Waals surface area contributed by atoms with E-state index in [0.717, 1.165) is 12.2 Å². The SMILES string of the molecule is CSCC[C@@H](N)C(=O)NC1CCCS(=O)(=O)C1. The maximum atomic E-state index is 11.7. The molecule has 1 aliphatic heterocycles. The molecule has 7 heteroatoms. The van der Waals surface area contributed by atoms with Gasteiger partial charge < -0.3 is 11.1 Å². The number of nitrogens with two attached hydrogens (primary N) is 1. The van der Waals surface area contributed by atoms with E-state index >= 15 is 0 Å². The number of nitrogens with one attached hydrogen (secondary N) is 1. The molecular weight excluding hydrogens is 260 g/mol. The number of rotatable bonds is 5. The van der Waals surface area contributed by atoms with Gasteiger partial charge in [0.05, 0.1) is 17.5 Å². The van der Waals surface area contributed by atoms with E-state index in [1.54, 1.807) is 11.8 Å². The van der Waals surface area contributed by atoms with Crippen molar-refractivity contribution in [3.63, 3.8) is 0 Å². The van der Waals surface area contributed by atoms with Crippen LogP contribution in [-0.4, -0.2) is 49.9 Å². The fourth-order valence-corrected chi connectivity index (χ4v) is 3.95. The fraction of sp³-hybridized carbons (Fsp3) is 0.900. The smallest absolute Gasteiger partial charge is 0.237 e. The average Bonchev–Trinajstić information content (AvgIpc) is 2.24. The van der Waals surface area contributed by atoms with Crippen LogP contribution in [0.2, 0.25) is 0 Å². The maximum absolute atomic E-state index is 11.7. The van der Waals surface area contributed by atoms with Crippen molar-refractivity contribution in [2.45, 2.75) is 31.3 Å². The quantitative estimate of drug-likeness (QED) is 0.725. The lowest BCUT2D eigenvalue weighted by molar-refractivity contribution is -0.123. The number of sulfone groups is 1. The Bertz CT molecular complexity index is 357. The van der Waals surface area contributed by atoms with Crippen LogP contribution in [-0.2, 0) is 14.6 Å². The van der Waals surface area contributed by atoms with Crippen molar-refractivity contribution in [1.29, 1.82) is 0 Å². The third-order valence-corrected chi connectivity index (χ3v) is 5.24. The summed E-state index contributed by atoms with van der Waals surface area (Å²) < 4.78 is 22.8. The summed E-state index contributed by atoms with van der Waals surface area (Å²) in [7, 11) is -2.98. The van der Waals surface area contributed by atoms with Crippen molar-refractivity contribution in [2.24, 2.45) is 5.73 Å². The first kappa shape index (κ1) is 14.8. The van der Waals surface area contributed by atoms with Gasteiger partial charge in [-0.05, 0) is 31.3 Å². The van der Waals surface area contributed by atoms with Gasteiger partial charge in [-0.15, -0.1) is 0 Å². The van der Waals surface area contributed by atoms with E-state index in [4.69, 9.17) is 5.73 Å². The molecule has 0 radical (unpaired) electrons. The molecule has 1 unspecified atom stereocenters. The number of hydrogen-bond donors (Lipinski definition) is 2. The van der Waals surface area contributed by atoms with Crippen LogP contribution in [0.3, 0.4) is 0 Å². The zero-order valence-corrected chi connectivity index (χ0v) is 11.6. The van der Waals surface area contributed by atoms with E-state index in [9.17, 15) is 13.2 Å². The Kier molecular flexibility index (Phi) is 5.75. The molecule has 1 heterocycles. The van der Waals surface area contributed by atoms with Crippen LogP contribution < -0.4 is 11.1 Å². The van der Waals surface area contributed by atoms with Crippen molar-refractivity contribution in [1.82, 2.24) is 5.32 Å². The Morgan fingerprint density at radius 1 is 1.59 bits per heavy atom. The third kappa shape index (κ3) is 5.27. The van der Waals surface area contributed by atoms with Gasteiger partial charge in [0.15, 0.2) is 9.84 Å². The highest BCUT2D eigenvalue weighted by atomic mass is 32.2.